The molecule has 1 heterocycles. The summed E-state index contributed by atoms with van der Waals surface area (Å²) in [6.45, 7) is 0. The minimum absolute atomic E-state index is 0.721. The summed E-state index contributed by atoms with van der Waals surface area (Å²) in [5.41, 5.74) is 7.71. The highest BCUT2D eigenvalue weighted by Crippen LogP contribution is 2.17. The van der Waals surface area contributed by atoms with E-state index in [1.54, 1.807) is 18.0 Å². The van der Waals surface area contributed by atoms with E-state index in [9.17, 15) is 0 Å². The molecule has 0 aliphatic carbocycles. The number of nitrogen functional groups attached to an aromatic ring is 1. The summed E-state index contributed by atoms with van der Waals surface area (Å²) in [7, 11) is 0. The molecule has 0 amide bonds. The van der Waals surface area contributed by atoms with E-state index in [1.165, 1.54) is 12.0 Å². The van der Waals surface area contributed by atoms with Crippen LogP contribution in [0.2, 0.25) is 0 Å². The molecule has 2 aromatic rings. The maximum Gasteiger partial charge on any atom is 0.0961 e. The van der Waals surface area contributed by atoms with E-state index in [0.29, 0.717) is 0 Å². The van der Waals surface area contributed by atoms with Crippen molar-refractivity contribution in [1.82, 2.24) is 4.98 Å². The lowest BCUT2D eigenvalue weighted by molar-refractivity contribution is 0.931. The van der Waals surface area contributed by atoms with E-state index in [4.69, 9.17) is 5.73 Å². The zero-order valence-corrected chi connectivity index (χ0v) is 10.5. The summed E-state index contributed by atoms with van der Waals surface area (Å²) >= 11 is 1.78. The Morgan fingerprint density at radius 3 is 2.59 bits per heavy atom. The number of aromatic nitrogens is 1. The number of pyridine rings is 1. The van der Waals surface area contributed by atoms with E-state index < -0.39 is 0 Å². The summed E-state index contributed by atoms with van der Waals surface area (Å²) in [5, 5.41) is 1.05. The lowest BCUT2D eigenvalue weighted by Gasteiger charge is -2.02. The van der Waals surface area contributed by atoms with Crippen LogP contribution < -0.4 is 5.73 Å². The number of thioether (sulfide) groups is 1. The second-order valence-corrected chi connectivity index (χ2v) is 4.98. The maximum atomic E-state index is 5.59. The van der Waals surface area contributed by atoms with Crippen molar-refractivity contribution in [1.29, 1.82) is 0 Å². The van der Waals surface area contributed by atoms with Crippen LogP contribution in [0.1, 0.15) is 12.0 Å². The van der Waals surface area contributed by atoms with Crippen molar-refractivity contribution >= 4 is 17.4 Å². The van der Waals surface area contributed by atoms with Crippen LogP contribution in [0.25, 0.3) is 0 Å². The third kappa shape index (κ3) is 4.11. The highest BCUT2D eigenvalue weighted by atomic mass is 32.2. The molecule has 0 aliphatic heterocycles. The highest BCUT2D eigenvalue weighted by molar-refractivity contribution is 7.99. The maximum absolute atomic E-state index is 5.59. The van der Waals surface area contributed by atoms with Gasteiger partial charge >= 0.3 is 0 Å². The van der Waals surface area contributed by atoms with Gasteiger partial charge in [0.15, 0.2) is 0 Å². The van der Waals surface area contributed by atoms with Gasteiger partial charge < -0.3 is 5.73 Å². The van der Waals surface area contributed by atoms with Gasteiger partial charge in [-0.25, -0.2) is 4.98 Å². The van der Waals surface area contributed by atoms with Crippen LogP contribution in [0.3, 0.4) is 0 Å². The van der Waals surface area contributed by atoms with Crippen molar-refractivity contribution in [3.63, 3.8) is 0 Å². The summed E-state index contributed by atoms with van der Waals surface area (Å²) in [5.74, 6) is 1.09. The van der Waals surface area contributed by atoms with E-state index in [1.807, 2.05) is 12.1 Å². The Balaban J connectivity index is 1.71. The number of hydrogen-bond donors (Lipinski definition) is 1. The zero-order chi connectivity index (χ0) is 11.9. The number of rotatable bonds is 5. The van der Waals surface area contributed by atoms with Gasteiger partial charge in [0.05, 0.1) is 16.9 Å². The molecule has 0 atom stereocenters. The fraction of sp³-hybridized carbons (Fsp3) is 0.214. The van der Waals surface area contributed by atoms with Gasteiger partial charge in [0.2, 0.25) is 0 Å². The van der Waals surface area contributed by atoms with Crippen LogP contribution in [0.15, 0.2) is 53.7 Å². The third-order valence-electron chi connectivity index (χ3n) is 2.46. The monoisotopic (exact) mass is 244 g/mol. The Morgan fingerprint density at radius 1 is 1.06 bits per heavy atom. The zero-order valence-electron chi connectivity index (χ0n) is 9.67. The third-order valence-corrected chi connectivity index (χ3v) is 3.49. The number of aryl methyl sites for hydroxylation is 1. The molecule has 0 aliphatic rings. The highest BCUT2D eigenvalue weighted by Gasteiger charge is 1.96. The van der Waals surface area contributed by atoms with Crippen LogP contribution >= 0.6 is 11.8 Å². The quantitative estimate of drug-likeness (QED) is 0.647. The molecule has 0 fully saturated rings. The summed E-state index contributed by atoms with van der Waals surface area (Å²) in [6.07, 6.45) is 4.00. The normalized spacial score (nSPS) is 10.4. The van der Waals surface area contributed by atoms with Crippen molar-refractivity contribution in [3.8, 4) is 0 Å². The average Bonchev–Trinajstić information content (AvgIpc) is 2.38. The molecular weight excluding hydrogens is 228 g/mol. The molecule has 0 bridgehead atoms. The molecule has 0 spiro atoms. The van der Waals surface area contributed by atoms with E-state index in [2.05, 4.69) is 35.3 Å². The second kappa shape index (κ2) is 6.30. The van der Waals surface area contributed by atoms with Gasteiger partial charge in [0, 0.05) is 0 Å². The molecule has 0 saturated carbocycles. The van der Waals surface area contributed by atoms with E-state index in [0.717, 1.165) is 22.9 Å². The molecule has 1 aromatic carbocycles. The number of benzene rings is 1. The van der Waals surface area contributed by atoms with Crippen LogP contribution in [-0.2, 0) is 6.42 Å². The second-order valence-electron chi connectivity index (χ2n) is 3.87. The SMILES string of the molecule is Nc1ccc(SCCCc2ccccc2)nc1. The molecular formula is C14H16N2S. The van der Waals surface area contributed by atoms with Crippen LogP contribution in [0.5, 0.6) is 0 Å². The number of hydrogen-bond acceptors (Lipinski definition) is 3. The average molecular weight is 244 g/mol. The Kier molecular flexibility index (Phi) is 4.45. The van der Waals surface area contributed by atoms with E-state index in [-0.39, 0.29) is 0 Å². The molecule has 88 valence electrons. The molecule has 2 rings (SSSR count). The van der Waals surface area contributed by atoms with Gasteiger partial charge in [-0.15, -0.1) is 11.8 Å². The first-order chi connectivity index (χ1) is 8.34. The van der Waals surface area contributed by atoms with Crippen LogP contribution in [0, 0.1) is 0 Å². The standard InChI is InChI=1S/C14H16N2S/c15-13-8-9-14(16-11-13)17-10-4-7-12-5-2-1-3-6-12/h1-3,5-6,8-9,11H,4,7,10,15H2. The number of nitrogens with zero attached hydrogens (tertiary/aromatic N) is 1. The fourth-order valence-electron chi connectivity index (χ4n) is 1.57. The number of nitrogens with two attached hydrogens (primary N) is 1. The molecule has 0 saturated heterocycles. The first-order valence-electron chi connectivity index (χ1n) is 5.73. The summed E-state index contributed by atoms with van der Waals surface area (Å²) < 4.78 is 0. The molecule has 2 N–H and O–H groups in total. The minimum atomic E-state index is 0.721. The first-order valence-corrected chi connectivity index (χ1v) is 6.71. The largest absolute Gasteiger partial charge is 0.397 e. The van der Waals surface area contributed by atoms with Crippen molar-refractivity contribution in [2.24, 2.45) is 0 Å². The first kappa shape index (κ1) is 12.0. The number of anilines is 1. The van der Waals surface area contributed by atoms with Gasteiger partial charge in [0.1, 0.15) is 0 Å². The van der Waals surface area contributed by atoms with E-state index >= 15 is 0 Å². The molecule has 2 nitrogen and oxygen atoms in total. The topological polar surface area (TPSA) is 38.9 Å². The predicted octanol–water partition coefficient (Wildman–Crippen LogP) is 3.39. The van der Waals surface area contributed by atoms with Crippen molar-refractivity contribution in [2.75, 3.05) is 11.5 Å². The lowest BCUT2D eigenvalue weighted by atomic mass is 10.1. The Bertz CT molecular complexity index is 440. The van der Waals surface area contributed by atoms with Crippen LogP contribution in [0.4, 0.5) is 5.69 Å². The summed E-state index contributed by atoms with van der Waals surface area (Å²) in [4.78, 5) is 4.26. The van der Waals surface area contributed by atoms with Crippen molar-refractivity contribution < 1.29 is 0 Å². The smallest absolute Gasteiger partial charge is 0.0961 e. The summed E-state index contributed by atoms with van der Waals surface area (Å²) in [6, 6.07) is 14.4. The lowest BCUT2D eigenvalue weighted by Crippen LogP contribution is -1.90. The Hall–Kier alpha value is -1.48. The fourth-order valence-corrected chi connectivity index (χ4v) is 2.36. The molecule has 17 heavy (non-hydrogen) atoms. The van der Waals surface area contributed by atoms with Crippen LogP contribution in [-0.4, -0.2) is 10.7 Å². The minimum Gasteiger partial charge on any atom is -0.397 e. The van der Waals surface area contributed by atoms with Gasteiger partial charge in [-0.05, 0) is 36.3 Å². The van der Waals surface area contributed by atoms with Gasteiger partial charge in [0.25, 0.3) is 0 Å². The predicted molar refractivity (Wildman–Crippen MR) is 74.1 cm³/mol. The molecule has 1 aromatic heterocycles. The molecule has 0 radical (unpaired) electrons. The van der Waals surface area contributed by atoms with Gasteiger partial charge in [-0.1, -0.05) is 30.3 Å². The molecule has 3 heteroatoms. The molecule has 0 unspecified atom stereocenters. The van der Waals surface area contributed by atoms with Crippen molar-refractivity contribution in [2.45, 2.75) is 17.9 Å². The van der Waals surface area contributed by atoms with Gasteiger partial charge in [-0.2, -0.15) is 0 Å². The van der Waals surface area contributed by atoms with Gasteiger partial charge in [-0.3, -0.25) is 0 Å². The van der Waals surface area contributed by atoms with Crippen molar-refractivity contribution in [3.05, 3.63) is 54.2 Å². The Labute approximate surface area is 106 Å². The Morgan fingerprint density at radius 2 is 1.88 bits per heavy atom.